The second-order valence-electron chi connectivity index (χ2n) is 10.4. The average Bonchev–Trinajstić information content (AvgIpc) is 3.54. The molecule has 0 unspecified atom stereocenters. The van der Waals surface area contributed by atoms with Gasteiger partial charge in [0.15, 0.2) is 0 Å². The Kier molecular flexibility index (Phi) is 9.05. The molecule has 2 aromatic heterocycles. The molecule has 1 saturated heterocycles. The number of thiophene rings is 1. The lowest BCUT2D eigenvalue weighted by Gasteiger charge is -2.24. The smallest absolute Gasteiger partial charge is 0.146 e. The first-order valence-corrected chi connectivity index (χ1v) is 14.8. The number of hydrogen-bond acceptors (Lipinski definition) is 6. The van der Waals surface area contributed by atoms with Gasteiger partial charge >= 0.3 is 0 Å². The summed E-state index contributed by atoms with van der Waals surface area (Å²) in [6.07, 6.45) is 19.3. The molecule has 7 heteroatoms. The Morgan fingerprint density at radius 3 is 2.76 bits per heavy atom. The van der Waals surface area contributed by atoms with Gasteiger partial charge in [0.1, 0.15) is 28.5 Å². The Balaban J connectivity index is 1.24. The predicted octanol–water partition coefficient (Wildman–Crippen LogP) is 7.96. The van der Waals surface area contributed by atoms with Crippen molar-refractivity contribution in [2.75, 3.05) is 25.0 Å². The van der Waals surface area contributed by atoms with Gasteiger partial charge in [-0.05, 0) is 102 Å². The predicted molar refractivity (Wildman–Crippen MR) is 152 cm³/mol. The Hall–Kier alpha value is -2.51. The minimum Gasteiger partial charge on any atom is -0.488 e. The van der Waals surface area contributed by atoms with Gasteiger partial charge in [0, 0.05) is 17.4 Å². The second-order valence-corrected chi connectivity index (χ2v) is 11.5. The Morgan fingerprint density at radius 1 is 1.08 bits per heavy atom. The molecule has 3 heterocycles. The van der Waals surface area contributed by atoms with Gasteiger partial charge in [0.25, 0.3) is 0 Å². The van der Waals surface area contributed by atoms with E-state index < -0.39 is 0 Å². The van der Waals surface area contributed by atoms with Crippen molar-refractivity contribution in [3.05, 3.63) is 52.9 Å². The lowest BCUT2D eigenvalue weighted by atomic mass is 9.98. The van der Waals surface area contributed by atoms with Crippen LogP contribution in [0.2, 0.25) is 0 Å². The number of anilines is 2. The standard InChI is InChI=1S/C30H39FN4OS/c1-22-27(14-8-3-2-4-9-17-35-18-10-11-19-35)37-30-28(22)29(32-21-33-30)34-25-16-15-23(31)20-26(25)36-24-12-6-5-7-13-24/h3,8,15-16,20-21,24H,2,4-7,9-14,17-19H2,1H3,(H,32,33,34). The number of aryl methyl sites for hydroxylation is 1. The highest BCUT2D eigenvalue weighted by molar-refractivity contribution is 7.19. The monoisotopic (exact) mass is 522 g/mol. The maximum Gasteiger partial charge on any atom is 0.146 e. The zero-order valence-corrected chi connectivity index (χ0v) is 22.8. The molecular formula is C30H39FN4OS. The fourth-order valence-corrected chi connectivity index (χ4v) is 6.63. The van der Waals surface area contributed by atoms with E-state index in [1.807, 2.05) is 0 Å². The summed E-state index contributed by atoms with van der Waals surface area (Å²) in [7, 11) is 0. The summed E-state index contributed by atoms with van der Waals surface area (Å²) >= 11 is 1.73. The zero-order valence-electron chi connectivity index (χ0n) is 22.0. The lowest BCUT2D eigenvalue weighted by Crippen LogP contribution is -2.20. The summed E-state index contributed by atoms with van der Waals surface area (Å²) in [5, 5.41) is 4.48. The van der Waals surface area contributed by atoms with Crippen molar-refractivity contribution in [1.82, 2.24) is 14.9 Å². The molecule has 1 N–H and O–H groups in total. The number of nitrogens with zero attached hydrogens (tertiary/aromatic N) is 3. The van der Waals surface area contributed by atoms with E-state index in [2.05, 4.69) is 39.3 Å². The van der Waals surface area contributed by atoms with E-state index in [4.69, 9.17) is 4.74 Å². The summed E-state index contributed by atoms with van der Waals surface area (Å²) in [5.74, 6) is 1.01. The fraction of sp³-hybridized carbons (Fsp3) is 0.533. The molecule has 2 aliphatic rings. The minimum absolute atomic E-state index is 0.142. The number of ether oxygens (including phenoxy) is 1. The van der Waals surface area contributed by atoms with Crippen LogP contribution in [-0.2, 0) is 6.42 Å². The number of hydrogen-bond donors (Lipinski definition) is 1. The lowest BCUT2D eigenvalue weighted by molar-refractivity contribution is 0.155. The third-order valence-electron chi connectivity index (χ3n) is 7.63. The Bertz CT molecular complexity index is 1200. The first-order chi connectivity index (χ1) is 18.2. The van der Waals surface area contributed by atoms with Gasteiger partial charge in [-0.2, -0.15) is 0 Å². The molecule has 3 aromatic rings. The van der Waals surface area contributed by atoms with Crippen LogP contribution < -0.4 is 10.1 Å². The van der Waals surface area contributed by atoms with Gasteiger partial charge in [0.05, 0.1) is 17.2 Å². The van der Waals surface area contributed by atoms with E-state index in [9.17, 15) is 4.39 Å². The largest absolute Gasteiger partial charge is 0.488 e. The molecular weight excluding hydrogens is 483 g/mol. The van der Waals surface area contributed by atoms with Crippen LogP contribution >= 0.6 is 11.3 Å². The normalized spacial score (nSPS) is 17.2. The van der Waals surface area contributed by atoms with Crippen molar-refractivity contribution >= 4 is 33.1 Å². The van der Waals surface area contributed by atoms with E-state index in [0.29, 0.717) is 5.75 Å². The van der Waals surface area contributed by atoms with Gasteiger partial charge < -0.3 is 15.0 Å². The highest BCUT2D eigenvalue weighted by atomic mass is 32.1. The SMILES string of the molecule is Cc1c(CC=CCCCCN2CCCC2)sc2ncnc(Nc3ccc(F)cc3OC3CCCCC3)c12. The van der Waals surface area contributed by atoms with E-state index in [1.165, 1.54) is 87.2 Å². The van der Waals surface area contributed by atoms with Gasteiger partial charge in [-0.25, -0.2) is 14.4 Å². The van der Waals surface area contributed by atoms with E-state index in [-0.39, 0.29) is 11.9 Å². The van der Waals surface area contributed by atoms with Crippen LogP contribution in [0, 0.1) is 12.7 Å². The summed E-state index contributed by atoms with van der Waals surface area (Å²) in [6, 6.07) is 4.70. The van der Waals surface area contributed by atoms with Crippen LogP contribution in [0.5, 0.6) is 5.75 Å². The number of aromatic nitrogens is 2. The number of benzene rings is 1. The molecule has 0 radical (unpaired) electrons. The summed E-state index contributed by atoms with van der Waals surface area (Å²) < 4.78 is 20.4. The second kappa shape index (κ2) is 12.8. The summed E-state index contributed by atoms with van der Waals surface area (Å²) in [4.78, 5) is 14.0. The average molecular weight is 523 g/mol. The molecule has 1 aliphatic carbocycles. The summed E-state index contributed by atoms with van der Waals surface area (Å²) in [6.45, 7) is 5.98. The van der Waals surface area contributed by atoms with Crippen molar-refractivity contribution in [3.63, 3.8) is 0 Å². The third-order valence-corrected chi connectivity index (χ3v) is 8.85. The third kappa shape index (κ3) is 6.88. The maximum atomic E-state index is 14.1. The topological polar surface area (TPSA) is 50.3 Å². The molecule has 1 aromatic carbocycles. The zero-order chi connectivity index (χ0) is 25.5. The van der Waals surface area contributed by atoms with Crippen LogP contribution in [0.15, 0.2) is 36.7 Å². The Labute approximate surface area is 224 Å². The first-order valence-electron chi connectivity index (χ1n) is 14.0. The first kappa shape index (κ1) is 26.1. The van der Waals surface area contributed by atoms with Gasteiger partial charge in [0.2, 0.25) is 0 Å². The van der Waals surface area contributed by atoms with Crippen LogP contribution in [0.25, 0.3) is 10.2 Å². The molecule has 0 atom stereocenters. The van der Waals surface area contributed by atoms with E-state index in [0.717, 1.165) is 47.4 Å². The number of fused-ring (bicyclic) bond motifs is 1. The number of likely N-dealkylation sites (tertiary alicyclic amines) is 1. The van der Waals surface area contributed by atoms with Crippen molar-refractivity contribution in [1.29, 1.82) is 0 Å². The molecule has 5 nitrogen and oxygen atoms in total. The number of halogens is 1. The van der Waals surface area contributed by atoms with Crippen LogP contribution in [0.4, 0.5) is 15.9 Å². The molecule has 2 fully saturated rings. The molecule has 1 saturated carbocycles. The van der Waals surface area contributed by atoms with E-state index in [1.54, 1.807) is 23.7 Å². The molecule has 198 valence electrons. The number of rotatable bonds is 11. The van der Waals surface area contributed by atoms with Crippen molar-refractivity contribution in [3.8, 4) is 5.75 Å². The van der Waals surface area contributed by atoms with Gasteiger partial charge in [-0.15, -0.1) is 11.3 Å². The molecule has 37 heavy (non-hydrogen) atoms. The van der Waals surface area contributed by atoms with Crippen LogP contribution in [0.3, 0.4) is 0 Å². The van der Waals surface area contributed by atoms with Crippen molar-refractivity contribution < 1.29 is 9.13 Å². The molecule has 5 rings (SSSR count). The number of nitrogens with one attached hydrogen (secondary N) is 1. The fourth-order valence-electron chi connectivity index (χ4n) is 5.51. The van der Waals surface area contributed by atoms with Crippen LogP contribution in [-0.4, -0.2) is 40.6 Å². The van der Waals surface area contributed by atoms with Crippen molar-refractivity contribution in [2.45, 2.75) is 83.7 Å². The molecule has 0 bridgehead atoms. The quantitative estimate of drug-likeness (QED) is 0.204. The molecule has 0 spiro atoms. The van der Waals surface area contributed by atoms with Crippen molar-refractivity contribution in [2.24, 2.45) is 0 Å². The highest BCUT2D eigenvalue weighted by Gasteiger charge is 2.19. The van der Waals surface area contributed by atoms with Gasteiger partial charge in [-0.1, -0.05) is 18.6 Å². The highest BCUT2D eigenvalue weighted by Crippen LogP contribution is 2.37. The maximum absolute atomic E-state index is 14.1. The number of allylic oxidation sites excluding steroid dienone is 2. The minimum atomic E-state index is -0.291. The molecule has 0 amide bonds. The van der Waals surface area contributed by atoms with Crippen LogP contribution in [0.1, 0.15) is 74.6 Å². The molecule has 1 aliphatic heterocycles. The number of unbranched alkanes of at least 4 members (excludes halogenated alkanes) is 2. The Morgan fingerprint density at radius 2 is 1.92 bits per heavy atom. The summed E-state index contributed by atoms with van der Waals surface area (Å²) in [5.41, 5.74) is 1.95. The van der Waals surface area contributed by atoms with Gasteiger partial charge in [-0.3, -0.25) is 0 Å². The van der Waals surface area contributed by atoms with E-state index >= 15 is 0 Å².